The molecule has 102 valence electrons. The van der Waals surface area contributed by atoms with Crippen LogP contribution in [0.3, 0.4) is 0 Å². The van der Waals surface area contributed by atoms with Crippen LogP contribution >= 0.6 is 0 Å². The number of halogens is 3. The van der Waals surface area contributed by atoms with E-state index in [1.807, 2.05) is 6.07 Å². The Labute approximate surface area is 109 Å². The van der Waals surface area contributed by atoms with Gasteiger partial charge < -0.3 is 4.90 Å². The third-order valence-electron chi connectivity index (χ3n) is 2.41. The molecular weight excluding hydrogens is 257 g/mol. The van der Waals surface area contributed by atoms with E-state index in [1.54, 1.807) is 6.92 Å². The first-order valence-corrected chi connectivity index (χ1v) is 5.73. The lowest BCUT2D eigenvalue weighted by Gasteiger charge is -2.23. The smallest absolute Gasteiger partial charge is 0.330 e. The maximum atomic E-state index is 12.4. The summed E-state index contributed by atoms with van der Waals surface area (Å²) in [6.07, 6.45) is -3.98. The van der Waals surface area contributed by atoms with Crippen LogP contribution < -0.4 is 0 Å². The lowest BCUT2D eigenvalue weighted by atomic mass is 10.1. The molecule has 0 aromatic heterocycles. The topological polar surface area (TPSA) is 44.1 Å². The van der Waals surface area contributed by atoms with Gasteiger partial charge in [0, 0.05) is 12.1 Å². The Morgan fingerprint density at radius 3 is 2.32 bits per heavy atom. The summed E-state index contributed by atoms with van der Waals surface area (Å²) in [6.45, 7) is 0.480. The number of rotatable bonds is 4. The molecule has 0 fully saturated rings. The molecule has 1 aromatic carbocycles. The van der Waals surface area contributed by atoms with Crippen LogP contribution in [0.15, 0.2) is 24.3 Å². The van der Waals surface area contributed by atoms with Crippen molar-refractivity contribution < 1.29 is 18.0 Å². The number of hydrogen-bond acceptors (Lipinski definition) is 2. The fourth-order valence-electron chi connectivity index (χ4n) is 1.61. The lowest BCUT2D eigenvalue weighted by molar-refractivity contribution is -0.140. The molecule has 0 aliphatic carbocycles. The largest absolute Gasteiger partial charge is 0.406 e. The van der Waals surface area contributed by atoms with Crippen molar-refractivity contribution in [1.29, 1.82) is 5.26 Å². The Bertz CT molecular complexity index is 474. The molecule has 0 radical (unpaired) electrons. The predicted molar refractivity (Wildman–Crippen MR) is 63.4 cm³/mol. The number of carbonyl (C=O) groups is 1. The number of carbonyl (C=O) groups excluding carboxylic acids is 1. The second kappa shape index (κ2) is 6.23. The number of alkyl halides is 3. The highest BCUT2D eigenvalue weighted by atomic mass is 19.4. The molecule has 0 saturated heterocycles. The van der Waals surface area contributed by atoms with E-state index in [2.05, 4.69) is 0 Å². The van der Waals surface area contributed by atoms with Crippen molar-refractivity contribution in [2.45, 2.75) is 19.5 Å². The summed E-state index contributed by atoms with van der Waals surface area (Å²) in [4.78, 5) is 12.7. The normalized spacial score (nSPS) is 10.9. The molecule has 1 aromatic rings. The van der Waals surface area contributed by atoms with Gasteiger partial charge in [-0.15, -0.1) is 0 Å². The number of nitrogens with zero attached hydrogens (tertiary/aromatic N) is 2. The highest BCUT2D eigenvalue weighted by Crippen LogP contribution is 2.18. The molecule has 1 amide bonds. The minimum Gasteiger partial charge on any atom is -0.330 e. The Kier molecular flexibility index (Phi) is 4.93. The zero-order valence-electron chi connectivity index (χ0n) is 10.4. The van der Waals surface area contributed by atoms with Gasteiger partial charge in [0.2, 0.25) is 0 Å². The summed E-state index contributed by atoms with van der Waals surface area (Å²) in [6, 6.07) is 7.42. The SMILES string of the molecule is CCCN(CC(F)(F)F)C(=O)c1ccc(C#N)cc1. The van der Waals surface area contributed by atoms with Gasteiger partial charge in [-0.25, -0.2) is 0 Å². The van der Waals surface area contributed by atoms with Crippen molar-refractivity contribution in [3.05, 3.63) is 35.4 Å². The molecule has 19 heavy (non-hydrogen) atoms. The summed E-state index contributed by atoms with van der Waals surface area (Å²) in [7, 11) is 0. The predicted octanol–water partition coefficient (Wildman–Crippen LogP) is 2.97. The van der Waals surface area contributed by atoms with Gasteiger partial charge >= 0.3 is 6.18 Å². The maximum Gasteiger partial charge on any atom is 0.406 e. The van der Waals surface area contributed by atoms with Crippen molar-refractivity contribution in [3.63, 3.8) is 0 Å². The second-order valence-electron chi connectivity index (χ2n) is 4.03. The second-order valence-corrected chi connectivity index (χ2v) is 4.03. The monoisotopic (exact) mass is 270 g/mol. The van der Waals surface area contributed by atoms with Gasteiger partial charge in [0.05, 0.1) is 11.6 Å². The molecule has 0 aliphatic heterocycles. The molecule has 3 nitrogen and oxygen atoms in total. The Morgan fingerprint density at radius 1 is 1.32 bits per heavy atom. The maximum absolute atomic E-state index is 12.4. The van der Waals surface area contributed by atoms with Crippen LogP contribution in [0.4, 0.5) is 13.2 Å². The van der Waals surface area contributed by atoms with Gasteiger partial charge in [0.15, 0.2) is 0 Å². The molecule has 0 bridgehead atoms. The van der Waals surface area contributed by atoms with Crippen LogP contribution in [0.2, 0.25) is 0 Å². The van der Waals surface area contributed by atoms with E-state index in [1.165, 1.54) is 24.3 Å². The van der Waals surface area contributed by atoms with E-state index in [0.717, 1.165) is 4.90 Å². The van der Waals surface area contributed by atoms with Crippen molar-refractivity contribution in [1.82, 2.24) is 4.90 Å². The molecule has 0 aliphatic rings. The summed E-state index contributed by atoms with van der Waals surface area (Å²) < 4.78 is 37.2. The standard InChI is InChI=1S/C13H13F3N2O/c1-2-7-18(9-13(14,15)16)12(19)11-5-3-10(8-17)4-6-11/h3-6H,2,7,9H2,1H3. The first-order chi connectivity index (χ1) is 8.87. The van der Waals surface area contributed by atoms with Crippen LogP contribution in [-0.2, 0) is 0 Å². The van der Waals surface area contributed by atoms with E-state index in [4.69, 9.17) is 5.26 Å². The van der Waals surface area contributed by atoms with Crippen LogP contribution in [-0.4, -0.2) is 30.1 Å². The molecule has 0 unspecified atom stereocenters. The minimum absolute atomic E-state index is 0.0400. The van der Waals surface area contributed by atoms with E-state index in [-0.39, 0.29) is 12.1 Å². The zero-order valence-corrected chi connectivity index (χ0v) is 10.4. The number of nitriles is 1. The van der Waals surface area contributed by atoms with Gasteiger partial charge in [-0.2, -0.15) is 18.4 Å². The number of amides is 1. The first kappa shape index (κ1) is 15.0. The van der Waals surface area contributed by atoms with E-state index in [0.29, 0.717) is 12.0 Å². The number of benzene rings is 1. The van der Waals surface area contributed by atoms with Gasteiger partial charge in [0.25, 0.3) is 5.91 Å². The zero-order chi connectivity index (χ0) is 14.5. The van der Waals surface area contributed by atoms with Gasteiger partial charge in [-0.3, -0.25) is 4.79 Å². The van der Waals surface area contributed by atoms with E-state index < -0.39 is 18.6 Å². The molecule has 6 heteroatoms. The first-order valence-electron chi connectivity index (χ1n) is 5.73. The highest BCUT2D eigenvalue weighted by molar-refractivity contribution is 5.94. The molecular formula is C13H13F3N2O. The average molecular weight is 270 g/mol. The summed E-state index contributed by atoms with van der Waals surface area (Å²) in [5, 5.41) is 8.62. The Balaban J connectivity index is 2.89. The summed E-state index contributed by atoms with van der Waals surface area (Å²) >= 11 is 0. The van der Waals surface area contributed by atoms with Gasteiger partial charge in [-0.1, -0.05) is 6.92 Å². The lowest BCUT2D eigenvalue weighted by Crippen LogP contribution is -2.39. The fraction of sp³-hybridized carbons (Fsp3) is 0.385. The molecule has 0 spiro atoms. The van der Waals surface area contributed by atoms with Crippen LogP contribution in [0, 0.1) is 11.3 Å². The van der Waals surface area contributed by atoms with Gasteiger partial charge in [0.1, 0.15) is 6.54 Å². The molecule has 1 rings (SSSR count). The third-order valence-corrected chi connectivity index (χ3v) is 2.41. The molecule has 0 atom stereocenters. The van der Waals surface area contributed by atoms with Crippen molar-refractivity contribution >= 4 is 5.91 Å². The van der Waals surface area contributed by atoms with E-state index >= 15 is 0 Å². The molecule has 0 N–H and O–H groups in total. The van der Waals surface area contributed by atoms with Crippen molar-refractivity contribution in [2.75, 3.05) is 13.1 Å². The average Bonchev–Trinajstić information content (AvgIpc) is 2.36. The van der Waals surface area contributed by atoms with E-state index in [9.17, 15) is 18.0 Å². The highest BCUT2D eigenvalue weighted by Gasteiger charge is 2.32. The number of hydrogen-bond donors (Lipinski definition) is 0. The van der Waals surface area contributed by atoms with Crippen LogP contribution in [0.1, 0.15) is 29.3 Å². The van der Waals surface area contributed by atoms with Crippen molar-refractivity contribution in [2.24, 2.45) is 0 Å². The minimum atomic E-state index is -4.42. The van der Waals surface area contributed by atoms with Crippen LogP contribution in [0.5, 0.6) is 0 Å². The quantitative estimate of drug-likeness (QED) is 0.844. The summed E-state index contributed by atoms with van der Waals surface area (Å²) in [5.74, 6) is -0.677. The van der Waals surface area contributed by atoms with Crippen LogP contribution in [0.25, 0.3) is 0 Å². The Hall–Kier alpha value is -2.03. The van der Waals surface area contributed by atoms with Crippen molar-refractivity contribution in [3.8, 4) is 6.07 Å². The van der Waals surface area contributed by atoms with Gasteiger partial charge in [-0.05, 0) is 30.7 Å². The molecule has 0 heterocycles. The summed E-state index contributed by atoms with van der Waals surface area (Å²) in [5.41, 5.74) is 0.506. The Morgan fingerprint density at radius 2 is 1.89 bits per heavy atom. The third kappa shape index (κ3) is 4.62. The fourth-order valence-corrected chi connectivity index (χ4v) is 1.61. The molecule has 0 saturated carbocycles.